The molecule has 0 aromatic carbocycles. The summed E-state index contributed by atoms with van der Waals surface area (Å²) in [6.45, 7) is 1.39. The van der Waals surface area contributed by atoms with Gasteiger partial charge in [0.25, 0.3) is 0 Å². The van der Waals surface area contributed by atoms with E-state index in [2.05, 4.69) is 10.2 Å². The lowest BCUT2D eigenvalue weighted by Crippen LogP contribution is -2.09. The van der Waals surface area contributed by atoms with Crippen LogP contribution in [0.5, 0.6) is 0 Å². The zero-order valence-corrected chi connectivity index (χ0v) is 10.1. The van der Waals surface area contributed by atoms with E-state index in [9.17, 15) is 0 Å². The molecule has 0 bridgehead atoms. The van der Waals surface area contributed by atoms with E-state index in [-0.39, 0.29) is 6.10 Å². The number of furan rings is 1. The van der Waals surface area contributed by atoms with Crippen LogP contribution in [0, 0.1) is 4.77 Å². The second-order valence-electron chi connectivity index (χ2n) is 4.05. The van der Waals surface area contributed by atoms with Gasteiger partial charge in [0.05, 0.1) is 12.8 Å². The minimum atomic E-state index is 0.0536. The highest BCUT2D eigenvalue weighted by molar-refractivity contribution is 7.71. The monoisotopic (exact) mass is 251 g/mol. The van der Waals surface area contributed by atoms with Gasteiger partial charge in [-0.1, -0.05) is 0 Å². The predicted molar refractivity (Wildman–Crippen MR) is 63.1 cm³/mol. The minimum Gasteiger partial charge on any atom is -0.467 e. The van der Waals surface area contributed by atoms with Crippen molar-refractivity contribution in [2.24, 2.45) is 0 Å². The van der Waals surface area contributed by atoms with E-state index in [0.29, 0.717) is 11.3 Å². The maximum atomic E-state index is 5.63. The zero-order chi connectivity index (χ0) is 11.7. The van der Waals surface area contributed by atoms with E-state index in [4.69, 9.17) is 21.4 Å². The van der Waals surface area contributed by atoms with Gasteiger partial charge in [0.1, 0.15) is 11.9 Å². The molecule has 1 atom stereocenters. The summed E-state index contributed by atoms with van der Waals surface area (Å²) < 4.78 is 13.5. The Morgan fingerprint density at radius 3 is 3.24 bits per heavy atom. The molecule has 5 nitrogen and oxygen atoms in total. The Bertz CT molecular complexity index is 537. The van der Waals surface area contributed by atoms with Crippen molar-refractivity contribution in [2.75, 3.05) is 6.61 Å². The molecule has 1 saturated heterocycles. The fourth-order valence-corrected chi connectivity index (χ4v) is 2.27. The first-order chi connectivity index (χ1) is 8.34. The molecule has 2 aromatic heterocycles. The van der Waals surface area contributed by atoms with Crippen molar-refractivity contribution in [3.8, 4) is 0 Å². The van der Waals surface area contributed by atoms with Crippen molar-refractivity contribution in [2.45, 2.75) is 25.5 Å². The van der Waals surface area contributed by atoms with Crippen LogP contribution in [0.15, 0.2) is 22.8 Å². The highest BCUT2D eigenvalue weighted by Crippen LogP contribution is 2.27. The van der Waals surface area contributed by atoms with Gasteiger partial charge >= 0.3 is 0 Å². The van der Waals surface area contributed by atoms with Crippen LogP contribution in [0.25, 0.3) is 0 Å². The van der Waals surface area contributed by atoms with Gasteiger partial charge in [0.15, 0.2) is 10.6 Å². The van der Waals surface area contributed by atoms with Crippen LogP contribution in [-0.4, -0.2) is 21.4 Å². The van der Waals surface area contributed by atoms with E-state index in [1.807, 2.05) is 16.7 Å². The SMILES string of the molecule is S=c1[nH]nc([C@H]2CCCO2)n1Cc1ccco1. The van der Waals surface area contributed by atoms with Crippen molar-refractivity contribution in [3.63, 3.8) is 0 Å². The molecule has 0 amide bonds. The average Bonchev–Trinajstić information content (AvgIpc) is 3.03. The van der Waals surface area contributed by atoms with Gasteiger partial charge in [-0.2, -0.15) is 5.10 Å². The van der Waals surface area contributed by atoms with E-state index in [1.165, 1.54) is 0 Å². The maximum Gasteiger partial charge on any atom is 0.195 e. The summed E-state index contributed by atoms with van der Waals surface area (Å²) in [5, 5.41) is 7.08. The Hall–Kier alpha value is -1.40. The zero-order valence-electron chi connectivity index (χ0n) is 9.26. The van der Waals surface area contributed by atoms with Crippen molar-refractivity contribution >= 4 is 12.2 Å². The lowest BCUT2D eigenvalue weighted by atomic mass is 10.2. The van der Waals surface area contributed by atoms with Gasteiger partial charge in [0.2, 0.25) is 0 Å². The van der Waals surface area contributed by atoms with Gasteiger partial charge in [-0.05, 0) is 37.2 Å². The molecule has 1 aliphatic rings. The Morgan fingerprint density at radius 1 is 1.59 bits per heavy atom. The van der Waals surface area contributed by atoms with E-state index in [0.717, 1.165) is 31.0 Å². The first-order valence-corrected chi connectivity index (χ1v) is 6.04. The Kier molecular flexibility index (Phi) is 2.82. The number of nitrogens with one attached hydrogen (secondary N) is 1. The van der Waals surface area contributed by atoms with E-state index >= 15 is 0 Å². The number of hydrogen-bond acceptors (Lipinski definition) is 4. The first kappa shape index (κ1) is 10.7. The number of aromatic amines is 1. The quantitative estimate of drug-likeness (QED) is 0.851. The molecular weight excluding hydrogens is 238 g/mol. The van der Waals surface area contributed by atoms with Crippen molar-refractivity contribution in [1.29, 1.82) is 0 Å². The van der Waals surface area contributed by atoms with Crippen molar-refractivity contribution in [1.82, 2.24) is 14.8 Å². The highest BCUT2D eigenvalue weighted by atomic mass is 32.1. The van der Waals surface area contributed by atoms with Crippen LogP contribution in [0.1, 0.15) is 30.5 Å². The maximum absolute atomic E-state index is 5.63. The van der Waals surface area contributed by atoms with Gasteiger partial charge in [-0.15, -0.1) is 0 Å². The van der Waals surface area contributed by atoms with Gasteiger partial charge in [-0.25, -0.2) is 0 Å². The van der Waals surface area contributed by atoms with Crippen LogP contribution < -0.4 is 0 Å². The van der Waals surface area contributed by atoms with Crippen LogP contribution in [-0.2, 0) is 11.3 Å². The minimum absolute atomic E-state index is 0.0536. The number of rotatable bonds is 3. The number of nitrogens with zero attached hydrogens (tertiary/aromatic N) is 2. The molecule has 1 N–H and O–H groups in total. The van der Waals surface area contributed by atoms with Crippen LogP contribution in [0.3, 0.4) is 0 Å². The molecule has 2 aromatic rings. The van der Waals surface area contributed by atoms with E-state index in [1.54, 1.807) is 6.26 Å². The fraction of sp³-hybridized carbons (Fsp3) is 0.455. The van der Waals surface area contributed by atoms with Crippen LogP contribution in [0.4, 0.5) is 0 Å². The average molecular weight is 251 g/mol. The molecular formula is C11H13N3O2S. The molecule has 1 fully saturated rings. The Labute approximate surface area is 103 Å². The number of H-pyrrole nitrogens is 1. The predicted octanol–water partition coefficient (Wildman–Crippen LogP) is 2.43. The highest BCUT2D eigenvalue weighted by Gasteiger charge is 2.23. The largest absolute Gasteiger partial charge is 0.467 e. The normalized spacial score (nSPS) is 19.9. The fourth-order valence-electron chi connectivity index (χ4n) is 2.07. The molecule has 0 saturated carbocycles. The molecule has 1 aliphatic heterocycles. The summed E-state index contributed by atoms with van der Waals surface area (Å²) in [5.74, 6) is 1.73. The molecule has 0 radical (unpaired) electrons. The molecule has 0 spiro atoms. The molecule has 6 heteroatoms. The Morgan fingerprint density at radius 2 is 2.53 bits per heavy atom. The third kappa shape index (κ3) is 2.05. The summed E-state index contributed by atoms with van der Waals surface area (Å²) in [6, 6.07) is 3.79. The van der Waals surface area contributed by atoms with Gasteiger partial charge < -0.3 is 9.15 Å². The van der Waals surface area contributed by atoms with E-state index < -0.39 is 0 Å². The number of hydrogen-bond donors (Lipinski definition) is 1. The second-order valence-corrected chi connectivity index (χ2v) is 4.44. The number of ether oxygens (including phenoxy) is 1. The molecule has 3 rings (SSSR count). The topological polar surface area (TPSA) is 56.0 Å². The Balaban J connectivity index is 1.92. The molecule has 17 heavy (non-hydrogen) atoms. The smallest absolute Gasteiger partial charge is 0.195 e. The lowest BCUT2D eigenvalue weighted by Gasteiger charge is -2.10. The molecule has 3 heterocycles. The third-order valence-corrected chi connectivity index (χ3v) is 3.21. The summed E-state index contributed by atoms with van der Waals surface area (Å²) >= 11 is 5.23. The van der Waals surface area contributed by atoms with Gasteiger partial charge in [-0.3, -0.25) is 9.67 Å². The number of aromatic nitrogens is 3. The van der Waals surface area contributed by atoms with Crippen molar-refractivity contribution < 1.29 is 9.15 Å². The van der Waals surface area contributed by atoms with Crippen LogP contribution >= 0.6 is 12.2 Å². The molecule has 0 aliphatic carbocycles. The molecule has 90 valence electrons. The standard InChI is InChI=1S/C11H13N3O2S/c17-11-13-12-10(9-4-2-6-16-9)14(11)7-8-3-1-5-15-8/h1,3,5,9H,2,4,6-7H2,(H,13,17)/t9-/m1/s1. The second kappa shape index (κ2) is 4.46. The third-order valence-electron chi connectivity index (χ3n) is 2.90. The summed E-state index contributed by atoms with van der Waals surface area (Å²) in [5.41, 5.74) is 0. The first-order valence-electron chi connectivity index (χ1n) is 5.63. The summed E-state index contributed by atoms with van der Waals surface area (Å²) in [4.78, 5) is 0. The molecule has 0 unspecified atom stereocenters. The van der Waals surface area contributed by atoms with Crippen molar-refractivity contribution in [3.05, 3.63) is 34.8 Å². The van der Waals surface area contributed by atoms with Gasteiger partial charge in [0, 0.05) is 6.61 Å². The van der Waals surface area contributed by atoms with Crippen LogP contribution in [0.2, 0.25) is 0 Å². The summed E-state index contributed by atoms with van der Waals surface area (Å²) in [7, 11) is 0. The lowest BCUT2D eigenvalue weighted by molar-refractivity contribution is 0.102. The summed E-state index contributed by atoms with van der Waals surface area (Å²) in [6.07, 6.45) is 3.78.